The van der Waals surface area contributed by atoms with Gasteiger partial charge in [-0.25, -0.2) is 13.4 Å². The van der Waals surface area contributed by atoms with Crippen molar-refractivity contribution in [3.05, 3.63) is 77.1 Å². The van der Waals surface area contributed by atoms with Crippen LogP contribution in [0.15, 0.2) is 64.6 Å². The first-order valence-corrected chi connectivity index (χ1v) is 11.3. The fourth-order valence-corrected chi connectivity index (χ4v) is 4.99. The van der Waals surface area contributed by atoms with Crippen molar-refractivity contribution < 1.29 is 17.9 Å². The number of amides is 1. The molecular weight excluding hydrogens is 428 g/mol. The number of hydrogen-bond acceptors (Lipinski definition) is 6. The number of rotatable bonds is 6. The van der Waals surface area contributed by atoms with Gasteiger partial charge in [-0.1, -0.05) is 12.1 Å². The SMILES string of the molecule is COc1cc(C)c(S(=O)(=O)c2ccc(CNC(=O)c3cnc4[nH]ncc4c3)cc2)cc1C. The van der Waals surface area contributed by atoms with Crippen LogP contribution in [-0.4, -0.2) is 36.6 Å². The summed E-state index contributed by atoms with van der Waals surface area (Å²) in [6.45, 7) is 3.81. The van der Waals surface area contributed by atoms with E-state index in [2.05, 4.69) is 20.5 Å². The van der Waals surface area contributed by atoms with Crippen molar-refractivity contribution in [2.24, 2.45) is 0 Å². The zero-order valence-electron chi connectivity index (χ0n) is 17.8. The summed E-state index contributed by atoms with van der Waals surface area (Å²) >= 11 is 0. The predicted molar refractivity (Wildman–Crippen MR) is 119 cm³/mol. The lowest BCUT2D eigenvalue weighted by Gasteiger charge is -2.12. The number of methoxy groups -OCH3 is 1. The summed E-state index contributed by atoms with van der Waals surface area (Å²) in [7, 11) is -2.13. The number of nitrogens with one attached hydrogen (secondary N) is 2. The highest BCUT2D eigenvalue weighted by atomic mass is 32.2. The average molecular weight is 451 g/mol. The molecule has 164 valence electrons. The zero-order chi connectivity index (χ0) is 22.9. The van der Waals surface area contributed by atoms with Crippen molar-refractivity contribution >= 4 is 26.8 Å². The normalized spacial score (nSPS) is 11.5. The van der Waals surface area contributed by atoms with E-state index in [-0.39, 0.29) is 22.2 Å². The number of sulfone groups is 1. The van der Waals surface area contributed by atoms with E-state index in [1.807, 2.05) is 6.92 Å². The molecule has 0 aliphatic carbocycles. The van der Waals surface area contributed by atoms with Gasteiger partial charge in [-0.3, -0.25) is 9.89 Å². The molecule has 0 atom stereocenters. The third-order valence-electron chi connectivity index (χ3n) is 5.22. The Morgan fingerprint density at radius 1 is 1.06 bits per heavy atom. The Balaban J connectivity index is 1.49. The number of aromatic nitrogens is 3. The third kappa shape index (κ3) is 4.06. The molecule has 4 aromatic rings. The predicted octanol–water partition coefficient (Wildman–Crippen LogP) is 3.35. The van der Waals surface area contributed by atoms with Gasteiger partial charge in [0.25, 0.3) is 5.91 Å². The topological polar surface area (TPSA) is 114 Å². The van der Waals surface area contributed by atoms with E-state index >= 15 is 0 Å². The van der Waals surface area contributed by atoms with Gasteiger partial charge in [0, 0.05) is 18.1 Å². The second kappa shape index (κ2) is 8.43. The highest BCUT2D eigenvalue weighted by molar-refractivity contribution is 7.91. The van der Waals surface area contributed by atoms with E-state index in [0.717, 1.165) is 16.5 Å². The molecule has 0 saturated heterocycles. The van der Waals surface area contributed by atoms with E-state index in [1.54, 1.807) is 62.7 Å². The number of hydrogen-bond donors (Lipinski definition) is 2. The maximum Gasteiger partial charge on any atom is 0.253 e. The third-order valence-corrected chi connectivity index (χ3v) is 7.13. The first kappa shape index (κ1) is 21.5. The molecule has 0 saturated carbocycles. The standard InChI is InChI=1S/C23H22N4O4S/c1-14-9-21(15(2)8-20(14)31-3)32(29,30)19-6-4-16(5-7-19)11-25-23(28)18-10-17-13-26-27-22(17)24-12-18/h4-10,12-13H,11H2,1-3H3,(H,25,28)(H,24,26,27). The Labute approximate surface area is 185 Å². The van der Waals surface area contributed by atoms with Gasteiger partial charge in [0.2, 0.25) is 9.84 Å². The number of carbonyl (C=O) groups is 1. The molecule has 2 N–H and O–H groups in total. The van der Waals surface area contributed by atoms with Gasteiger partial charge in [0.1, 0.15) is 5.75 Å². The van der Waals surface area contributed by atoms with Crippen molar-refractivity contribution in [2.75, 3.05) is 7.11 Å². The molecule has 9 heteroatoms. The number of fused-ring (bicyclic) bond motifs is 1. The van der Waals surface area contributed by atoms with Crippen LogP contribution in [0.1, 0.15) is 27.0 Å². The highest BCUT2D eigenvalue weighted by Crippen LogP contribution is 2.29. The molecule has 0 fully saturated rings. The smallest absolute Gasteiger partial charge is 0.253 e. The van der Waals surface area contributed by atoms with Crippen molar-refractivity contribution in [1.29, 1.82) is 0 Å². The molecule has 32 heavy (non-hydrogen) atoms. The van der Waals surface area contributed by atoms with Crippen molar-refractivity contribution in [3.8, 4) is 5.75 Å². The van der Waals surface area contributed by atoms with Crippen LogP contribution < -0.4 is 10.1 Å². The summed E-state index contributed by atoms with van der Waals surface area (Å²) in [4.78, 5) is 17.0. The van der Waals surface area contributed by atoms with Gasteiger partial charge < -0.3 is 10.1 Å². The van der Waals surface area contributed by atoms with Crippen LogP contribution in [0.25, 0.3) is 11.0 Å². The lowest BCUT2D eigenvalue weighted by Crippen LogP contribution is -2.22. The minimum Gasteiger partial charge on any atom is -0.496 e. The van der Waals surface area contributed by atoms with Gasteiger partial charge in [-0.2, -0.15) is 5.10 Å². The Morgan fingerprint density at radius 2 is 1.81 bits per heavy atom. The molecule has 0 aliphatic rings. The van der Waals surface area contributed by atoms with Gasteiger partial charge in [0.15, 0.2) is 5.65 Å². The van der Waals surface area contributed by atoms with E-state index in [1.165, 1.54) is 6.20 Å². The minimum atomic E-state index is -3.68. The summed E-state index contributed by atoms with van der Waals surface area (Å²) in [6, 6.07) is 11.5. The number of pyridine rings is 1. The van der Waals surface area contributed by atoms with Gasteiger partial charge >= 0.3 is 0 Å². The summed E-state index contributed by atoms with van der Waals surface area (Å²) in [5, 5.41) is 10.2. The average Bonchev–Trinajstić information content (AvgIpc) is 3.26. The highest BCUT2D eigenvalue weighted by Gasteiger charge is 2.21. The molecule has 4 rings (SSSR count). The largest absolute Gasteiger partial charge is 0.496 e. The van der Waals surface area contributed by atoms with E-state index in [0.29, 0.717) is 22.5 Å². The fraction of sp³-hybridized carbons (Fsp3) is 0.174. The number of H-pyrrole nitrogens is 1. The van der Waals surface area contributed by atoms with Crippen LogP contribution in [0, 0.1) is 13.8 Å². The lowest BCUT2D eigenvalue weighted by molar-refractivity contribution is 0.0950. The van der Waals surface area contributed by atoms with Crippen LogP contribution >= 0.6 is 0 Å². The molecule has 2 aromatic heterocycles. The van der Waals surface area contributed by atoms with E-state index < -0.39 is 9.84 Å². The molecule has 1 amide bonds. The minimum absolute atomic E-state index is 0.190. The Hall–Kier alpha value is -3.72. The summed E-state index contributed by atoms with van der Waals surface area (Å²) in [5.74, 6) is 0.372. The second-order valence-corrected chi connectivity index (χ2v) is 9.37. The summed E-state index contributed by atoms with van der Waals surface area (Å²) < 4.78 is 31.5. The number of carbonyl (C=O) groups excluding carboxylic acids is 1. The fourth-order valence-electron chi connectivity index (χ4n) is 3.43. The molecule has 0 radical (unpaired) electrons. The molecule has 8 nitrogen and oxygen atoms in total. The van der Waals surface area contributed by atoms with Crippen LogP contribution in [0.2, 0.25) is 0 Å². The molecule has 0 spiro atoms. The summed E-state index contributed by atoms with van der Waals surface area (Å²) in [5.41, 5.74) is 3.17. The van der Waals surface area contributed by atoms with Crippen LogP contribution in [-0.2, 0) is 16.4 Å². The van der Waals surface area contributed by atoms with Crippen LogP contribution in [0.4, 0.5) is 0 Å². The maximum atomic E-state index is 13.1. The Morgan fingerprint density at radius 3 is 2.53 bits per heavy atom. The summed E-state index contributed by atoms with van der Waals surface area (Å²) in [6.07, 6.45) is 3.08. The molecular formula is C23H22N4O4S. The van der Waals surface area contributed by atoms with Crippen LogP contribution in [0.3, 0.4) is 0 Å². The zero-order valence-corrected chi connectivity index (χ0v) is 18.7. The second-order valence-electron chi connectivity index (χ2n) is 7.45. The monoisotopic (exact) mass is 450 g/mol. The Kier molecular flexibility index (Phi) is 5.67. The molecule has 2 heterocycles. The number of aryl methyl sites for hydroxylation is 2. The number of benzene rings is 2. The first-order valence-electron chi connectivity index (χ1n) is 9.86. The van der Waals surface area contributed by atoms with Crippen molar-refractivity contribution in [2.45, 2.75) is 30.2 Å². The van der Waals surface area contributed by atoms with Gasteiger partial charge in [-0.05, 0) is 60.9 Å². The molecule has 0 bridgehead atoms. The van der Waals surface area contributed by atoms with Crippen molar-refractivity contribution in [3.63, 3.8) is 0 Å². The van der Waals surface area contributed by atoms with Crippen molar-refractivity contribution in [1.82, 2.24) is 20.5 Å². The van der Waals surface area contributed by atoms with Gasteiger partial charge in [0.05, 0.1) is 28.7 Å². The first-order chi connectivity index (χ1) is 15.3. The molecule has 0 unspecified atom stereocenters. The van der Waals surface area contributed by atoms with E-state index in [4.69, 9.17) is 4.74 Å². The van der Waals surface area contributed by atoms with Crippen LogP contribution in [0.5, 0.6) is 5.75 Å². The molecule has 2 aromatic carbocycles. The van der Waals surface area contributed by atoms with Gasteiger partial charge in [-0.15, -0.1) is 0 Å². The Bertz CT molecular complexity index is 1410. The lowest BCUT2D eigenvalue weighted by atomic mass is 10.1. The number of nitrogens with zero attached hydrogens (tertiary/aromatic N) is 2. The quantitative estimate of drug-likeness (QED) is 0.466. The maximum absolute atomic E-state index is 13.1. The van der Waals surface area contributed by atoms with E-state index in [9.17, 15) is 13.2 Å². The molecule has 0 aliphatic heterocycles. The number of aromatic amines is 1. The number of ether oxygens (including phenoxy) is 1.